The summed E-state index contributed by atoms with van der Waals surface area (Å²) < 4.78 is 0. The fraction of sp³-hybridized carbons (Fsp3) is 0.727. The molecular weight excluding hydrogens is 206 g/mol. The Bertz CT molecular complexity index is 273. The van der Waals surface area contributed by atoms with Crippen LogP contribution in [0.4, 0.5) is 0 Å². The molecule has 2 atom stereocenters. The molecule has 1 fully saturated rings. The minimum absolute atomic E-state index is 0.728. The number of imidazole rings is 1. The lowest BCUT2D eigenvalue weighted by molar-refractivity contribution is 0.503. The number of hydrogen-bond donors (Lipinski definition) is 2. The first kappa shape index (κ1) is 11.0. The molecular formula is C11H19N3S. The van der Waals surface area contributed by atoms with Crippen molar-refractivity contribution >= 4 is 11.8 Å². The largest absolute Gasteiger partial charge is 0.349 e. The number of aryl methyl sites for hydroxylation is 1. The fourth-order valence-corrected chi connectivity index (χ4v) is 3.20. The zero-order chi connectivity index (χ0) is 10.5. The highest BCUT2D eigenvalue weighted by Crippen LogP contribution is 2.25. The Hall–Kier alpha value is -0.480. The van der Waals surface area contributed by atoms with Crippen LogP contribution in [0.1, 0.15) is 25.6 Å². The number of nitrogens with zero attached hydrogens (tertiary/aromatic N) is 1. The van der Waals surface area contributed by atoms with E-state index in [2.05, 4.69) is 34.0 Å². The van der Waals surface area contributed by atoms with Gasteiger partial charge in [0.15, 0.2) is 0 Å². The SMILES string of the molecule is CC1SCCC1NCCCc1ncc[nH]1. The zero-order valence-electron chi connectivity index (χ0n) is 9.20. The second-order valence-electron chi connectivity index (χ2n) is 4.06. The maximum Gasteiger partial charge on any atom is 0.106 e. The van der Waals surface area contributed by atoms with Gasteiger partial charge < -0.3 is 10.3 Å². The molecule has 0 bridgehead atoms. The minimum atomic E-state index is 0.728. The third kappa shape index (κ3) is 3.24. The van der Waals surface area contributed by atoms with Gasteiger partial charge in [-0.05, 0) is 25.1 Å². The van der Waals surface area contributed by atoms with E-state index in [1.54, 1.807) is 0 Å². The molecule has 2 unspecified atom stereocenters. The molecule has 3 nitrogen and oxygen atoms in total. The van der Waals surface area contributed by atoms with E-state index in [1.165, 1.54) is 18.6 Å². The summed E-state index contributed by atoms with van der Waals surface area (Å²) in [7, 11) is 0. The number of thioether (sulfide) groups is 1. The summed E-state index contributed by atoms with van der Waals surface area (Å²) in [5, 5.41) is 4.42. The molecule has 2 N–H and O–H groups in total. The Morgan fingerprint density at radius 3 is 3.27 bits per heavy atom. The van der Waals surface area contributed by atoms with E-state index in [0.717, 1.165) is 30.1 Å². The molecule has 1 aliphatic heterocycles. The van der Waals surface area contributed by atoms with Crippen molar-refractivity contribution in [3.63, 3.8) is 0 Å². The molecule has 0 aromatic carbocycles. The predicted molar refractivity (Wildman–Crippen MR) is 65.2 cm³/mol. The van der Waals surface area contributed by atoms with Crippen molar-refractivity contribution in [2.75, 3.05) is 12.3 Å². The summed E-state index contributed by atoms with van der Waals surface area (Å²) in [5.74, 6) is 2.42. The van der Waals surface area contributed by atoms with Gasteiger partial charge in [-0.2, -0.15) is 11.8 Å². The van der Waals surface area contributed by atoms with Gasteiger partial charge in [-0.25, -0.2) is 4.98 Å². The van der Waals surface area contributed by atoms with E-state index in [9.17, 15) is 0 Å². The van der Waals surface area contributed by atoms with Crippen LogP contribution < -0.4 is 5.32 Å². The van der Waals surface area contributed by atoms with Gasteiger partial charge in [0.25, 0.3) is 0 Å². The van der Waals surface area contributed by atoms with E-state index in [-0.39, 0.29) is 0 Å². The normalized spacial score (nSPS) is 25.9. The highest BCUT2D eigenvalue weighted by Gasteiger charge is 2.22. The second kappa shape index (κ2) is 5.56. The lowest BCUT2D eigenvalue weighted by atomic mass is 10.1. The summed E-state index contributed by atoms with van der Waals surface area (Å²) >= 11 is 2.08. The van der Waals surface area contributed by atoms with Crippen molar-refractivity contribution in [1.29, 1.82) is 0 Å². The van der Waals surface area contributed by atoms with E-state index >= 15 is 0 Å². The van der Waals surface area contributed by atoms with Crippen LogP contribution in [0.5, 0.6) is 0 Å². The van der Waals surface area contributed by atoms with Crippen molar-refractivity contribution in [3.8, 4) is 0 Å². The van der Waals surface area contributed by atoms with E-state index in [1.807, 2.05) is 12.4 Å². The zero-order valence-corrected chi connectivity index (χ0v) is 10.0. The summed E-state index contributed by atoms with van der Waals surface area (Å²) in [6.45, 7) is 3.43. The predicted octanol–water partition coefficient (Wildman–Crippen LogP) is 1.83. The van der Waals surface area contributed by atoms with Crippen LogP contribution in [0.25, 0.3) is 0 Å². The molecule has 2 rings (SSSR count). The Balaban J connectivity index is 1.59. The molecule has 0 saturated carbocycles. The van der Waals surface area contributed by atoms with Crippen molar-refractivity contribution < 1.29 is 0 Å². The molecule has 2 heterocycles. The monoisotopic (exact) mass is 225 g/mol. The Labute approximate surface area is 95.4 Å². The smallest absolute Gasteiger partial charge is 0.106 e. The van der Waals surface area contributed by atoms with Crippen molar-refractivity contribution in [2.24, 2.45) is 0 Å². The maximum absolute atomic E-state index is 4.21. The molecule has 0 radical (unpaired) electrons. The van der Waals surface area contributed by atoms with E-state index in [0.29, 0.717) is 0 Å². The first-order valence-electron chi connectivity index (χ1n) is 5.69. The molecule has 4 heteroatoms. The van der Waals surface area contributed by atoms with Crippen LogP contribution >= 0.6 is 11.8 Å². The number of aromatic amines is 1. The molecule has 1 saturated heterocycles. The average molecular weight is 225 g/mol. The van der Waals surface area contributed by atoms with Crippen molar-refractivity contribution in [1.82, 2.24) is 15.3 Å². The first-order valence-corrected chi connectivity index (χ1v) is 6.74. The van der Waals surface area contributed by atoms with Gasteiger partial charge in [0.1, 0.15) is 5.82 Å². The molecule has 1 aliphatic rings. The molecule has 84 valence electrons. The van der Waals surface area contributed by atoms with Gasteiger partial charge in [0, 0.05) is 30.1 Å². The van der Waals surface area contributed by atoms with Gasteiger partial charge in [-0.15, -0.1) is 0 Å². The van der Waals surface area contributed by atoms with Gasteiger partial charge in [0.05, 0.1) is 0 Å². The number of rotatable bonds is 5. The van der Waals surface area contributed by atoms with Gasteiger partial charge in [0.2, 0.25) is 0 Å². The number of nitrogens with one attached hydrogen (secondary N) is 2. The highest BCUT2D eigenvalue weighted by atomic mass is 32.2. The minimum Gasteiger partial charge on any atom is -0.349 e. The summed E-state index contributed by atoms with van der Waals surface area (Å²) in [6.07, 6.45) is 7.25. The fourth-order valence-electron chi connectivity index (χ4n) is 1.98. The number of aromatic nitrogens is 2. The highest BCUT2D eigenvalue weighted by molar-refractivity contribution is 8.00. The lowest BCUT2D eigenvalue weighted by Gasteiger charge is -2.15. The first-order chi connectivity index (χ1) is 7.36. The molecule has 1 aromatic heterocycles. The third-order valence-electron chi connectivity index (χ3n) is 2.93. The lowest BCUT2D eigenvalue weighted by Crippen LogP contribution is -2.34. The second-order valence-corrected chi connectivity index (χ2v) is 5.55. The molecule has 0 spiro atoms. The molecule has 1 aromatic rings. The van der Waals surface area contributed by atoms with Crippen LogP contribution in [0.2, 0.25) is 0 Å². The van der Waals surface area contributed by atoms with Crippen LogP contribution in [-0.2, 0) is 6.42 Å². The molecule has 0 aliphatic carbocycles. The number of hydrogen-bond acceptors (Lipinski definition) is 3. The van der Waals surface area contributed by atoms with Gasteiger partial charge in [-0.1, -0.05) is 6.92 Å². The van der Waals surface area contributed by atoms with Crippen molar-refractivity contribution in [3.05, 3.63) is 18.2 Å². The van der Waals surface area contributed by atoms with Gasteiger partial charge >= 0.3 is 0 Å². The van der Waals surface area contributed by atoms with Gasteiger partial charge in [-0.3, -0.25) is 0 Å². The topological polar surface area (TPSA) is 40.7 Å². The van der Waals surface area contributed by atoms with Crippen LogP contribution in [0, 0.1) is 0 Å². The molecule has 0 amide bonds. The summed E-state index contributed by atoms with van der Waals surface area (Å²) in [6, 6.07) is 0.728. The third-order valence-corrected chi connectivity index (χ3v) is 4.25. The van der Waals surface area contributed by atoms with E-state index < -0.39 is 0 Å². The van der Waals surface area contributed by atoms with Crippen LogP contribution in [0.15, 0.2) is 12.4 Å². The number of H-pyrrole nitrogens is 1. The van der Waals surface area contributed by atoms with Crippen LogP contribution in [0.3, 0.4) is 0 Å². The Morgan fingerprint density at radius 2 is 2.60 bits per heavy atom. The Kier molecular flexibility index (Phi) is 4.09. The van der Waals surface area contributed by atoms with Crippen LogP contribution in [-0.4, -0.2) is 33.6 Å². The average Bonchev–Trinajstić information content (AvgIpc) is 2.85. The van der Waals surface area contributed by atoms with Crippen molar-refractivity contribution in [2.45, 2.75) is 37.5 Å². The summed E-state index contributed by atoms with van der Waals surface area (Å²) in [4.78, 5) is 7.34. The molecule has 15 heavy (non-hydrogen) atoms. The maximum atomic E-state index is 4.21. The standard InChI is InChI=1S/C11H19N3S/c1-9-10(4-8-15-9)12-5-2-3-11-13-6-7-14-11/h6-7,9-10,12H,2-5,8H2,1H3,(H,13,14). The quantitative estimate of drug-likeness (QED) is 0.751. The summed E-state index contributed by atoms with van der Waals surface area (Å²) in [5.41, 5.74) is 0. The van der Waals surface area contributed by atoms with E-state index in [4.69, 9.17) is 0 Å². The Morgan fingerprint density at radius 1 is 1.67 bits per heavy atom.